The largest absolute Gasteiger partial charge is 0.481 e. The van der Waals surface area contributed by atoms with Crippen molar-refractivity contribution in [2.24, 2.45) is 15.8 Å². The van der Waals surface area contributed by atoms with E-state index in [0.29, 0.717) is 24.2 Å². The van der Waals surface area contributed by atoms with Gasteiger partial charge in [0, 0.05) is 18.3 Å². The van der Waals surface area contributed by atoms with Crippen LogP contribution in [-0.4, -0.2) is 41.8 Å². The average molecular weight is 414 g/mol. The number of nitrogens with zero attached hydrogens (tertiary/aromatic N) is 2. The Kier molecular flexibility index (Phi) is 6.04. The normalized spacial score (nSPS) is 30.0. The molecule has 3 rings (SSSR count). The number of hydrogen-bond donors (Lipinski definition) is 2. The molecule has 0 spiro atoms. The van der Waals surface area contributed by atoms with Gasteiger partial charge < -0.3 is 10.4 Å². The number of rotatable bonds is 4. The lowest BCUT2D eigenvalue weighted by molar-refractivity contribution is -0.139. The number of amides is 2. The van der Waals surface area contributed by atoms with Crippen LogP contribution in [0.1, 0.15) is 64.9 Å². The van der Waals surface area contributed by atoms with E-state index in [0.717, 1.165) is 19.3 Å². The summed E-state index contributed by atoms with van der Waals surface area (Å²) >= 11 is 0. The molecule has 0 aromatic heterocycles. The Morgan fingerprint density at radius 2 is 1.97 bits per heavy atom. The summed E-state index contributed by atoms with van der Waals surface area (Å²) in [5.74, 6) is -1.48. The number of hydrogen-bond acceptors (Lipinski definition) is 4. The number of benzene rings is 1. The number of anilines is 1. The molecule has 1 aliphatic carbocycles. The zero-order valence-electron chi connectivity index (χ0n) is 18.1. The molecular weight excluding hydrogens is 382 g/mol. The van der Waals surface area contributed by atoms with Crippen LogP contribution in [-0.2, 0) is 9.59 Å². The number of para-hydroxylation sites is 1. The molecule has 30 heavy (non-hydrogen) atoms. The van der Waals surface area contributed by atoms with E-state index in [1.165, 1.54) is 0 Å². The smallest absolute Gasteiger partial charge is 0.322 e. The van der Waals surface area contributed by atoms with Crippen LogP contribution in [0.5, 0.6) is 0 Å². The number of carboxylic acids is 1. The van der Waals surface area contributed by atoms with Crippen LogP contribution in [0.25, 0.3) is 0 Å². The van der Waals surface area contributed by atoms with E-state index in [1.54, 1.807) is 29.2 Å². The number of urea groups is 1. The molecule has 1 aliphatic heterocycles. The fourth-order valence-electron chi connectivity index (χ4n) is 5.61. The molecule has 1 aromatic carbocycles. The van der Waals surface area contributed by atoms with Crippen molar-refractivity contribution in [1.29, 1.82) is 0 Å². The van der Waals surface area contributed by atoms with Gasteiger partial charge in [-0.2, -0.15) is 0 Å². The van der Waals surface area contributed by atoms with Gasteiger partial charge in [0.25, 0.3) is 0 Å². The average Bonchev–Trinajstić information content (AvgIpc) is 2.64. The summed E-state index contributed by atoms with van der Waals surface area (Å²) in [7, 11) is 0. The summed E-state index contributed by atoms with van der Waals surface area (Å²) < 4.78 is 0. The maximum Gasteiger partial charge on any atom is 0.322 e. The van der Waals surface area contributed by atoms with Crippen molar-refractivity contribution >= 4 is 23.8 Å². The van der Waals surface area contributed by atoms with Crippen molar-refractivity contribution in [3.8, 4) is 0 Å². The van der Waals surface area contributed by atoms with E-state index in [4.69, 9.17) is 0 Å². The van der Waals surface area contributed by atoms with Crippen molar-refractivity contribution < 1.29 is 19.5 Å². The Labute approximate surface area is 177 Å². The van der Waals surface area contributed by atoms with E-state index in [9.17, 15) is 19.5 Å². The van der Waals surface area contributed by atoms with Crippen LogP contribution in [0.4, 0.5) is 10.5 Å². The molecule has 0 radical (unpaired) electrons. The van der Waals surface area contributed by atoms with E-state index >= 15 is 0 Å². The molecule has 2 amide bonds. The molecule has 162 valence electrons. The van der Waals surface area contributed by atoms with E-state index in [1.807, 2.05) is 13.0 Å². The van der Waals surface area contributed by atoms with Crippen molar-refractivity contribution in [2.75, 3.05) is 11.4 Å². The first kappa shape index (κ1) is 22.0. The number of isocyanates is 1. The fraction of sp³-hybridized carbons (Fsp3) is 0.609. The van der Waals surface area contributed by atoms with Crippen molar-refractivity contribution in [1.82, 2.24) is 5.32 Å². The molecule has 1 saturated carbocycles. The highest BCUT2D eigenvalue weighted by atomic mass is 16.4. The lowest BCUT2D eigenvalue weighted by atomic mass is 9.63. The van der Waals surface area contributed by atoms with Crippen LogP contribution in [0.2, 0.25) is 0 Å². The van der Waals surface area contributed by atoms with Crippen molar-refractivity contribution in [3.63, 3.8) is 0 Å². The van der Waals surface area contributed by atoms with Crippen LogP contribution in [0.3, 0.4) is 0 Å². The molecule has 1 aromatic rings. The first-order valence-corrected chi connectivity index (χ1v) is 10.5. The Morgan fingerprint density at radius 3 is 2.63 bits per heavy atom. The molecule has 4 unspecified atom stereocenters. The van der Waals surface area contributed by atoms with Gasteiger partial charge in [0.1, 0.15) is 0 Å². The Bertz CT molecular complexity index is 877. The first-order chi connectivity index (χ1) is 14.1. The number of carbonyl (C=O) groups is 2. The summed E-state index contributed by atoms with van der Waals surface area (Å²) in [5, 5.41) is 12.7. The topological polar surface area (TPSA) is 99.1 Å². The Hall–Kier alpha value is -2.66. The van der Waals surface area contributed by atoms with Gasteiger partial charge in [-0.25, -0.2) is 14.6 Å². The minimum atomic E-state index is -0.868. The summed E-state index contributed by atoms with van der Waals surface area (Å²) in [5.41, 5.74) is 1.15. The van der Waals surface area contributed by atoms with Gasteiger partial charge in [-0.05, 0) is 55.1 Å². The van der Waals surface area contributed by atoms with Gasteiger partial charge >= 0.3 is 12.0 Å². The van der Waals surface area contributed by atoms with Crippen molar-refractivity contribution in [3.05, 3.63) is 29.8 Å². The zero-order valence-corrected chi connectivity index (χ0v) is 18.1. The summed E-state index contributed by atoms with van der Waals surface area (Å²) in [6, 6.07) is 6.68. The van der Waals surface area contributed by atoms with E-state index in [-0.39, 0.29) is 28.9 Å². The second kappa shape index (κ2) is 8.23. The highest BCUT2D eigenvalue weighted by Gasteiger charge is 2.42. The van der Waals surface area contributed by atoms with E-state index in [2.05, 4.69) is 31.1 Å². The van der Waals surface area contributed by atoms with Gasteiger partial charge in [-0.1, -0.05) is 39.0 Å². The quantitative estimate of drug-likeness (QED) is 0.574. The van der Waals surface area contributed by atoms with Gasteiger partial charge in [0.05, 0.1) is 12.0 Å². The van der Waals surface area contributed by atoms with Crippen LogP contribution in [0.15, 0.2) is 29.3 Å². The minimum Gasteiger partial charge on any atom is -0.481 e. The molecule has 0 saturated heterocycles. The molecule has 7 heteroatoms. The van der Waals surface area contributed by atoms with E-state index < -0.39 is 11.9 Å². The summed E-state index contributed by atoms with van der Waals surface area (Å²) in [6.45, 7) is 8.79. The number of aliphatic carboxylic acids is 1. The maximum absolute atomic E-state index is 13.2. The third-order valence-corrected chi connectivity index (χ3v) is 6.43. The molecular formula is C23H31N3O4. The third-order valence-electron chi connectivity index (χ3n) is 6.43. The maximum atomic E-state index is 13.2. The van der Waals surface area contributed by atoms with Gasteiger partial charge in [-0.15, -0.1) is 0 Å². The van der Waals surface area contributed by atoms with Crippen LogP contribution < -0.4 is 10.2 Å². The molecule has 0 bridgehead atoms. The first-order valence-electron chi connectivity index (χ1n) is 10.5. The number of carboxylic acid groups (broad SMARTS) is 1. The standard InChI is InChI=1S/C23H31N3O4/c1-15-9-18(20(28)29)17-7-5-6-8-19(17)26(15)21(30)24-13-23(4)11-16(25-14-27)10-22(2,3)12-23/h5-8,15-16,18H,9-13H2,1-4H3,(H,24,30)(H,28,29). The molecule has 2 aliphatic rings. The Morgan fingerprint density at radius 1 is 1.27 bits per heavy atom. The van der Waals surface area contributed by atoms with Gasteiger partial charge in [0.15, 0.2) is 0 Å². The predicted octanol–water partition coefficient (Wildman–Crippen LogP) is 4.08. The highest BCUT2D eigenvalue weighted by Crippen LogP contribution is 2.47. The predicted molar refractivity (Wildman–Crippen MR) is 114 cm³/mol. The minimum absolute atomic E-state index is 0.0163. The number of carbonyl (C=O) groups excluding carboxylic acids is 2. The zero-order chi connectivity index (χ0) is 22.1. The van der Waals surface area contributed by atoms with Crippen LogP contribution >= 0.6 is 0 Å². The van der Waals surface area contributed by atoms with Gasteiger partial charge in [0.2, 0.25) is 6.08 Å². The third kappa shape index (κ3) is 4.57. The fourth-order valence-corrected chi connectivity index (χ4v) is 5.61. The number of fused-ring (bicyclic) bond motifs is 1. The number of aliphatic imine (C=N–C) groups is 1. The second-order valence-corrected chi connectivity index (χ2v) is 10.00. The molecule has 2 N–H and O–H groups in total. The summed E-state index contributed by atoms with van der Waals surface area (Å²) in [4.78, 5) is 41.3. The SMILES string of the molecule is CC1CC(C(=O)O)c2ccccc2N1C(=O)NCC1(C)CC(N=C=O)CC(C)(C)C1. The lowest BCUT2D eigenvalue weighted by Gasteiger charge is -2.45. The molecule has 1 fully saturated rings. The van der Waals surface area contributed by atoms with Crippen LogP contribution in [0, 0.1) is 10.8 Å². The molecule has 7 nitrogen and oxygen atoms in total. The molecule has 1 heterocycles. The van der Waals surface area contributed by atoms with Gasteiger partial charge in [-0.3, -0.25) is 9.69 Å². The monoisotopic (exact) mass is 413 g/mol. The highest BCUT2D eigenvalue weighted by molar-refractivity contribution is 5.96. The molecule has 4 atom stereocenters. The Balaban J connectivity index is 1.78. The lowest BCUT2D eigenvalue weighted by Crippen LogP contribution is -2.52. The summed E-state index contributed by atoms with van der Waals surface area (Å²) in [6.07, 6.45) is 4.53. The number of nitrogens with one attached hydrogen (secondary N) is 1. The van der Waals surface area contributed by atoms with Crippen molar-refractivity contribution in [2.45, 2.75) is 71.4 Å². The second-order valence-electron chi connectivity index (χ2n) is 10.00.